The number of aliphatic hydroxyl groups is 1. The van der Waals surface area contributed by atoms with Crippen LogP contribution in [0.25, 0.3) is 0 Å². The summed E-state index contributed by atoms with van der Waals surface area (Å²) >= 11 is 20.2. The first-order valence-corrected chi connectivity index (χ1v) is 46.4. The molecule has 0 unspecified atom stereocenters. The van der Waals surface area contributed by atoms with E-state index in [0.29, 0.717) is 53.6 Å². The van der Waals surface area contributed by atoms with Crippen molar-refractivity contribution in [3.63, 3.8) is 0 Å². The molecule has 0 heterocycles. The molecular formula is C88H111I9N8O6. The lowest BCUT2D eigenvalue weighted by Crippen LogP contribution is -2.00. The zero-order valence-corrected chi connectivity index (χ0v) is 84.4. The van der Waals surface area contributed by atoms with Gasteiger partial charge in [0.25, 0.3) is 0 Å². The molecule has 8 rings (SSSR count). The number of aliphatic hydroxyl groups excluding tert-OH is 1. The lowest BCUT2D eigenvalue weighted by molar-refractivity contribution is 0.170. The molecule has 23 heteroatoms. The van der Waals surface area contributed by atoms with Gasteiger partial charge in [0.15, 0.2) is 11.5 Å². The van der Waals surface area contributed by atoms with E-state index in [-0.39, 0.29) is 11.5 Å². The van der Waals surface area contributed by atoms with Crippen molar-refractivity contribution in [1.82, 2.24) is 0 Å². The van der Waals surface area contributed by atoms with E-state index in [1.807, 2.05) is 90.1 Å². The van der Waals surface area contributed by atoms with Crippen molar-refractivity contribution >= 4 is 249 Å². The Labute approximate surface area is 784 Å². The summed E-state index contributed by atoms with van der Waals surface area (Å²) in [6, 6.07) is 51.8. The van der Waals surface area contributed by atoms with E-state index < -0.39 is 6.10 Å². The molecule has 0 fully saturated rings. The van der Waals surface area contributed by atoms with Gasteiger partial charge in [0.2, 0.25) is 0 Å². The highest BCUT2D eigenvalue weighted by Gasteiger charge is 2.11. The molecule has 0 saturated carbocycles. The predicted molar refractivity (Wildman–Crippen MR) is 546 cm³/mol. The third-order valence-electron chi connectivity index (χ3n) is 16.1. The number of rotatable bonds is 32. The number of aryl methyl sites for hydroxylation is 7. The summed E-state index contributed by atoms with van der Waals surface area (Å²) in [5.74, 6) is 0.964. The maximum Gasteiger partial charge on any atom is 0.160 e. The molecule has 0 radical (unpaired) electrons. The van der Waals surface area contributed by atoms with Crippen molar-refractivity contribution in [2.24, 2.45) is 0 Å². The molecule has 0 aliphatic heterocycles. The minimum Gasteiger partial charge on any atom is -0.508 e. The minimum atomic E-state index is -0.438. The minimum absolute atomic E-state index is 0.0296. The Kier molecular flexibility index (Phi) is 58.9. The van der Waals surface area contributed by atoms with Crippen LogP contribution in [0.5, 0.6) is 28.7 Å². The molecule has 0 saturated heterocycles. The summed E-state index contributed by atoms with van der Waals surface area (Å²) in [7, 11) is 0. The van der Waals surface area contributed by atoms with Gasteiger partial charge >= 0.3 is 0 Å². The van der Waals surface area contributed by atoms with Gasteiger partial charge in [0.1, 0.15) is 17.2 Å². The Morgan fingerprint density at radius 1 is 0.279 bits per heavy atom. The Morgan fingerprint density at radius 2 is 0.667 bits per heavy atom. The monoisotopic (exact) mass is 2550 g/mol. The van der Waals surface area contributed by atoms with E-state index in [4.69, 9.17) is 43.3 Å². The molecule has 111 heavy (non-hydrogen) atoms. The predicted octanol–water partition coefficient (Wildman–Crippen LogP) is 27.9. The number of phenols is 5. The number of benzene rings is 8. The standard InChI is InChI=1S/C11H13I2NO.C11H14INO2.3C11H14INO.3C11H14IN/c1-7(14)3-2-4-8-5-9(12)6-10(13)11(8)15;1-7(13)3-2-4-8-5-9(12)6-10(14)11(8)15;1-8(13)2-7-11(14)9-3-5-10(12)6-4-9;1-8(13)3-2-4-9-5-10(12)7-11(14)6-9;1-8(13)3-2-4-9-7-10(14)5-6-11(9)12;1-9(13)4-2-5-10-6-3-7-11(12)8-10;1-9(13)5-4-7-10-6-2-3-8-11(10)12;1-9(13)3-2-4-10-5-7-11(12)8-6-10/h5-6,14-15H,2-4H2,1H3;5-6,13-15H,2-4H2,1H3;3-6,11,13-14H,2,7H2,1H3;2*5-7,13-14H,2-4H2,1H3;3,6-8,13H,2,4-5H2,1H3;2-3,6,8,13H,4-5,7H2,1H3;5-8,13H,2-4H2,1H3/t;;11-;;;;;/m..0...../s1/i12+4,13+4;7*12+4. The molecule has 1 atom stereocenters. The summed E-state index contributed by atoms with van der Waals surface area (Å²) in [5, 5.41) is 116. The summed E-state index contributed by atoms with van der Waals surface area (Å²) < 4.78 is 10.3. The molecule has 14 N–H and O–H groups in total. The third-order valence-corrected chi connectivity index (χ3v) is 23.0. The number of aromatic hydroxyl groups is 5. The third kappa shape index (κ3) is 55.1. The second kappa shape index (κ2) is 61.9. The fraction of sp³-hybridized carbons (Fsp3) is 0.364. The Bertz CT molecular complexity index is 4100. The molecule has 0 amide bonds. The van der Waals surface area contributed by atoms with Gasteiger partial charge in [-0.15, -0.1) is 0 Å². The number of halogens is 9. The molecule has 8 aromatic rings. The van der Waals surface area contributed by atoms with Crippen LogP contribution in [0.2, 0.25) is 0 Å². The first-order valence-electron chi connectivity index (χ1n) is 36.6. The maximum absolute atomic E-state index is 9.82. The maximum atomic E-state index is 9.82. The largest absolute Gasteiger partial charge is 0.508 e. The summed E-state index contributed by atoms with van der Waals surface area (Å²) in [5.41, 5.74) is 14.9. The number of hydrogen-bond acceptors (Lipinski definition) is 14. The first-order chi connectivity index (χ1) is 52.3. The molecule has 0 bridgehead atoms. The first kappa shape index (κ1) is 106. The van der Waals surface area contributed by atoms with Crippen LogP contribution in [0.1, 0.15) is 209 Å². The highest BCUT2D eigenvalue weighted by molar-refractivity contribution is 14.1. The van der Waals surface area contributed by atoms with Crippen molar-refractivity contribution in [1.29, 1.82) is 43.3 Å². The lowest BCUT2D eigenvalue weighted by atomic mass is 10.0. The van der Waals surface area contributed by atoms with Crippen molar-refractivity contribution in [2.45, 2.75) is 209 Å². The van der Waals surface area contributed by atoms with E-state index in [2.05, 4.69) is 282 Å². The fourth-order valence-electron chi connectivity index (χ4n) is 10.3. The smallest absolute Gasteiger partial charge is 0.160 e. The van der Waals surface area contributed by atoms with Crippen molar-refractivity contribution < 1.29 is 30.6 Å². The molecular weight excluding hydrogens is 2440 g/mol. The van der Waals surface area contributed by atoms with Gasteiger partial charge in [-0.1, -0.05) is 54.6 Å². The molecule has 602 valence electrons. The summed E-state index contributed by atoms with van der Waals surface area (Å²) in [6.45, 7) is 14.6. The number of nitrogens with one attached hydrogen (secondary N) is 8. The van der Waals surface area contributed by atoms with Crippen LogP contribution in [0.15, 0.2) is 158 Å². The van der Waals surface area contributed by atoms with E-state index in [1.54, 1.807) is 38.1 Å². The van der Waals surface area contributed by atoms with Crippen LogP contribution in [-0.4, -0.2) is 76.3 Å². The van der Waals surface area contributed by atoms with Crippen LogP contribution >= 0.6 is 203 Å². The second-order valence-corrected chi connectivity index (χ2v) is 38.1. The van der Waals surface area contributed by atoms with Crippen LogP contribution in [-0.2, 0) is 44.9 Å². The molecule has 0 aliphatic carbocycles. The lowest BCUT2D eigenvalue weighted by Gasteiger charge is -2.10. The van der Waals surface area contributed by atoms with Gasteiger partial charge < -0.3 is 73.9 Å². The second-order valence-electron chi connectivity index (χ2n) is 27.1. The van der Waals surface area contributed by atoms with Gasteiger partial charge in [-0.25, -0.2) is 0 Å². The van der Waals surface area contributed by atoms with Crippen LogP contribution in [0.4, 0.5) is 0 Å². The molecule has 14 nitrogen and oxygen atoms in total. The van der Waals surface area contributed by atoms with Crippen molar-refractivity contribution in [3.8, 4) is 28.7 Å². The van der Waals surface area contributed by atoms with Gasteiger partial charge in [-0.3, -0.25) is 0 Å². The molecule has 0 spiro atoms. The van der Waals surface area contributed by atoms with Gasteiger partial charge in [-0.2, -0.15) is 0 Å². The Morgan fingerprint density at radius 3 is 1.13 bits per heavy atom. The molecule has 0 aromatic heterocycles. The van der Waals surface area contributed by atoms with Gasteiger partial charge in [-0.05, 0) is 554 Å². The van der Waals surface area contributed by atoms with Crippen molar-refractivity contribution in [3.05, 3.63) is 234 Å². The SMILES string of the molecule is CC(=N)CCCc1cc(O)cc([131I])c1.CC(=N)CCCc1cc(O)ccc1[131I].CC(=N)CCCc1cc([131I])cc(O)c1O.CC(=N)CCCc1cc([131I])cc([131I])c1O.CC(=N)CCCc1ccc([131I])cc1.CC(=N)CCCc1cccc([131I])c1.CC(=N)CCCc1ccccc1[131I].CC(=N)CC[C@H](O)c1ccc([131I])cc1. The number of phenolic OH excluding ortho intramolecular Hbond substituents is 5. The average molecular weight is 2560 g/mol. The van der Waals surface area contributed by atoms with E-state index in [1.165, 1.54) is 46.2 Å². The van der Waals surface area contributed by atoms with Crippen LogP contribution in [0, 0.1) is 75.4 Å². The van der Waals surface area contributed by atoms with Gasteiger partial charge in [0.05, 0.1) is 9.67 Å². The topological polar surface area (TPSA) is 312 Å². The zero-order valence-electron chi connectivity index (χ0n) is 64.9. The molecule has 8 aromatic carbocycles. The number of hydrogen-bond donors (Lipinski definition) is 14. The fourth-order valence-corrected chi connectivity index (χ4v) is 16.2. The van der Waals surface area contributed by atoms with Crippen molar-refractivity contribution in [2.75, 3.05) is 0 Å². The average Bonchev–Trinajstić information content (AvgIpc) is 0.717. The molecule has 0 aliphatic rings. The Balaban J connectivity index is 0.000000635. The quantitative estimate of drug-likeness (QED) is 0.0110. The van der Waals surface area contributed by atoms with E-state index in [9.17, 15) is 30.6 Å². The Hall–Kier alpha value is -3.35. The normalized spacial score (nSPS) is 10.4. The summed E-state index contributed by atoms with van der Waals surface area (Å²) in [4.78, 5) is 0. The summed E-state index contributed by atoms with van der Waals surface area (Å²) in [6.07, 6.45) is 20.5. The zero-order chi connectivity index (χ0) is 83.5. The van der Waals surface area contributed by atoms with E-state index in [0.717, 1.165) is 194 Å². The van der Waals surface area contributed by atoms with Gasteiger partial charge in [0, 0.05) is 74.3 Å². The van der Waals surface area contributed by atoms with Crippen LogP contribution in [0.3, 0.4) is 0 Å². The van der Waals surface area contributed by atoms with E-state index >= 15 is 0 Å². The highest BCUT2D eigenvalue weighted by atomic mass is 131. The van der Waals surface area contributed by atoms with Crippen LogP contribution < -0.4 is 0 Å². The highest BCUT2D eigenvalue weighted by Crippen LogP contribution is 2.33.